The smallest absolute Gasteiger partial charge is 0.00669 e. The number of rotatable bonds is 2. The molecule has 0 unspecified atom stereocenters. The van der Waals surface area contributed by atoms with Crippen molar-refractivity contribution in [2.75, 3.05) is 6.54 Å². The molecule has 1 rings (SSSR count). The van der Waals surface area contributed by atoms with E-state index in [9.17, 15) is 0 Å². The van der Waals surface area contributed by atoms with Crippen LogP contribution in [0.5, 0.6) is 0 Å². The molecule has 0 aromatic rings. The summed E-state index contributed by atoms with van der Waals surface area (Å²) in [6.07, 6.45) is 8.63. The molecular formula is C9H21N. The summed E-state index contributed by atoms with van der Waals surface area (Å²) in [5.74, 6) is 0. The van der Waals surface area contributed by atoms with E-state index in [-0.39, 0.29) is 1.43 Å². The van der Waals surface area contributed by atoms with Gasteiger partial charge in [0.05, 0.1) is 0 Å². The van der Waals surface area contributed by atoms with Crippen LogP contribution in [-0.2, 0) is 0 Å². The SMILES string of the molecule is CCNC1CCCCCC1.[HH]. The first-order chi connectivity index (χ1) is 4.93. The van der Waals surface area contributed by atoms with Crippen molar-refractivity contribution in [3.8, 4) is 0 Å². The molecule has 0 spiro atoms. The van der Waals surface area contributed by atoms with Crippen LogP contribution in [0, 0.1) is 0 Å². The fourth-order valence-electron chi connectivity index (χ4n) is 1.77. The molecule has 0 amide bonds. The molecule has 0 aliphatic heterocycles. The molecule has 1 fully saturated rings. The summed E-state index contributed by atoms with van der Waals surface area (Å²) in [7, 11) is 0. The quantitative estimate of drug-likeness (QED) is 0.586. The topological polar surface area (TPSA) is 12.0 Å². The fraction of sp³-hybridized carbons (Fsp3) is 1.00. The largest absolute Gasteiger partial charge is 0.314 e. The van der Waals surface area contributed by atoms with Crippen LogP contribution in [0.3, 0.4) is 0 Å². The lowest BCUT2D eigenvalue weighted by Crippen LogP contribution is -2.27. The van der Waals surface area contributed by atoms with Crippen molar-refractivity contribution in [3.63, 3.8) is 0 Å². The molecule has 1 N–H and O–H groups in total. The van der Waals surface area contributed by atoms with E-state index in [0.29, 0.717) is 0 Å². The Morgan fingerprint density at radius 2 is 1.80 bits per heavy atom. The lowest BCUT2D eigenvalue weighted by molar-refractivity contribution is 0.472. The van der Waals surface area contributed by atoms with Crippen molar-refractivity contribution < 1.29 is 1.43 Å². The summed E-state index contributed by atoms with van der Waals surface area (Å²) >= 11 is 0. The second kappa shape index (κ2) is 4.73. The highest BCUT2D eigenvalue weighted by Crippen LogP contribution is 2.16. The Bertz CT molecular complexity index is 77.6. The van der Waals surface area contributed by atoms with Crippen molar-refractivity contribution in [1.82, 2.24) is 5.32 Å². The molecule has 0 atom stereocenters. The van der Waals surface area contributed by atoms with Gasteiger partial charge >= 0.3 is 0 Å². The van der Waals surface area contributed by atoms with Gasteiger partial charge in [0.15, 0.2) is 0 Å². The van der Waals surface area contributed by atoms with E-state index in [0.717, 1.165) is 12.6 Å². The maximum atomic E-state index is 3.52. The first-order valence-corrected chi connectivity index (χ1v) is 4.67. The van der Waals surface area contributed by atoms with Crippen molar-refractivity contribution in [3.05, 3.63) is 0 Å². The summed E-state index contributed by atoms with van der Waals surface area (Å²) in [6.45, 7) is 3.34. The van der Waals surface area contributed by atoms with E-state index in [1.807, 2.05) is 0 Å². The summed E-state index contributed by atoms with van der Waals surface area (Å²) in [6, 6.07) is 0.840. The third-order valence-corrected chi connectivity index (χ3v) is 2.35. The summed E-state index contributed by atoms with van der Waals surface area (Å²) in [5.41, 5.74) is 0. The molecule has 1 heteroatoms. The Hall–Kier alpha value is -0.0400. The normalized spacial score (nSPS) is 22.5. The lowest BCUT2D eigenvalue weighted by atomic mass is 10.1. The maximum absolute atomic E-state index is 3.52. The average molecular weight is 143 g/mol. The van der Waals surface area contributed by atoms with Crippen LogP contribution in [0.25, 0.3) is 0 Å². The van der Waals surface area contributed by atoms with E-state index in [1.165, 1.54) is 38.5 Å². The molecule has 1 aliphatic carbocycles. The summed E-state index contributed by atoms with van der Waals surface area (Å²) in [5, 5.41) is 3.52. The zero-order valence-corrected chi connectivity index (χ0v) is 7.03. The minimum Gasteiger partial charge on any atom is -0.314 e. The molecule has 0 bridgehead atoms. The van der Waals surface area contributed by atoms with E-state index >= 15 is 0 Å². The second-order valence-electron chi connectivity index (χ2n) is 3.25. The van der Waals surface area contributed by atoms with Gasteiger partial charge in [0.1, 0.15) is 0 Å². The Kier molecular flexibility index (Phi) is 3.81. The highest BCUT2D eigenvalue weighted by Gasteiger charge is 2.09. The van der Waals surface area contributed by atoms with E-state index in [2.05, 4.69) is 12.2 Å². The molecule has 62 valence electrons. The van der Waals surface area contributed by atoms with Crippen LogP contribution in [0.15, 0.2) is 0 Å². The fourth-order valence-corrected chi connectivity index (χ4v) is 1.77. The molecule has 1 aliphatic rings. The van der Waals surface area contributed by atoms with Gasteiger partial charge in [-0.15, -0.1) is 0 Å². The van der Waals surface area contributed by atoms with Gasteiger partial charge < -0.3 is 5.32 Å². The standard InChI is InChI=1S/C9H19N.H2/c1-2-10-9-7-5-3-4-6-8-9;/h9-10H,2-8H2,1H3;1H. The average Bonchev–Trinajstić information content (AvgIpc) is 2.17. The molecule has 1 nitrogen and oxygen atoms in total. The molecule has 1 saturated carbocycles. The summed E-state index contributed by atoms with van der Waals surface area (Å²) in [4.78, 5) is 0. The molecule has 0 saturated heterocycles. The second-order valence-corrected chi connectivity index (χ2v) is 3.25. The molecule has 0 aromatic carbocycles. The predicted molar refractivity (Wildman–Crippen MR) is 47.3 cm³/mol. The van der Waals surface area contributed by atoms with Crippen LogP contribution in [0.2, 0.25) is 0 Å². The Morgan fingerprint density at radius 1 is 1.20 bits per heavy atom. The first kappa shape index (κ1) is 8.06. The number of hydrogen-bond acceptors (Lipinski definition) is 1. The maximum Gasteiger partial charge on any atom is 0.00669 e. The Labute approximate surface area is 65.7 Å². The van der Waals surface area contributed by atoms with Gasteiger partial charge in [-0.1, -0.05) is 32.6 Å². The third-order valence-electron chi connectivity index (χ3n) is 2.35. The monoisotopic (exact) mass is 143 g/mol. The Morgan fingerprint density at radius 3 is 2.30 bits per heavy atom. The van der Waals surface area contributed by atoms with Crippen molar-refractivity contribution in [1.29, 1.82) is 0 Å². The van der Waals surface area contributed by atoms with E-state index < -0.39 is 0 Å². The van der Waals surface area contributed by atoms with Gasteiger partial charge in [0.2, 0.25) is 0 Å². The predicted octanol–water partition coefficient (Wildman–Crippen LogP) is 2.56. The van der Waals surface area contributed by atoms with E-state index in [1.54, 1.807) is 0 Å². The lowest BCUT2D eigenvalue weighted by Gasteiger charge is -2.13. The van der Waals surface area contributed by atoms with Gasteiger partial charge in [0.25, 0.3) is 0 Å². The molecule has 0 radical (unpaired) electrons. The van der Waals surface area contributed by atoms with Gasteiger partial charge in [-0.3, -0.25) is 0 Å². The number of nitrogens with one attached hydrogen (secondary N) is 1. The Balaban J connectivity index is 0.000001000. The van der Waals surface area contributed by atoms with Gasteiger partial charge in [-0.05, 0) is 19.4 Å². The van der Waals surface area contributed by atoms with E-state index in [4.69, 9.17) is 0 Å². The zero-order chi connectivity index (χ0) is 7.23. The van der Waals surface area contributed by atoms with Crippen LogP contribution < -0.4 is 5.32 Å². The zero-order valence-electron chi connectivity index (χ0n) is 7.03. The summed E-state index contributed by atoms with van der Waals surface area (Å²) < 4.78 is 0. The van der Waals surface area contributed by atoms with Crippen molar-refractivity contribution >= 4 is 0 Å². The minimum absolute atomic E-state index is 0. The van der Waals surface area contributed by atoms with Crippen LogP contribution in [0.1, 0.15) is 46.9 Å². The number of hydrogen-bond donors (Lipinski definition) is 1. The van der Waals surface area contributed by atoms with Crippen LogP contribution in [0.4, 0.5) is 0 Å². The van der Waals surface area contributed by atoms with Gasteiger partial charge in [-0.25, -0.2) is 0 Å². The molecule has 10 heavy (non-hydrogen) atoms. The molecular weight excluding hydrogens is 122 g/mol. The molecule has 0 heterocycles. The van der Waals surface area contributed by atoms with Crippen LogP contribution >= 0.6 is 0 Å². The van der Waals surface area contributed by atoms with Crippen LogP contribution in [-0.4, -0.2) is 12.6 Å². The first-order valence-electron chi connectivity index (χ1n) is 4.67. The van der Waals surface area contributed by atoms with Crippen molar-refractivity contribution in [2.24, 2.45) is 0 Å². The third kappa shape index (κ3) is 2.70. The van der Waals surface area contributed by atoms with Crippen molar-refractivity contribution in [2.45, 2.75) is 51.5 Å². The minimum atomic E-state index is 0. The van der Waals surface area contributed by atoms with Gasteiger partial charge in [0, 0.05) is 7.47 Å². The highest BCUT2D eigenvalue weighted by molar-refractivity contribution is 4.69. The molecule has 0 aromatic heterocycles. The highest BCUT2D eigenvalue weighted by atomic mass is 14.9. The van der Waals surface area contributed by atoms with Gasteiger partial charge in [-0.2, -0.15) is 0 Å².